The molecule has 1 saturated heterocycles. The van der Waals surface area contributed by atoms with Crippen molar-refractivity contribution in [2.24, 2.45) is 0 Å². The molecule has 2 rings (SSSR count). The van der Waals surface area contributed by atoms with E-state index in [1.807, 2.05) is 0 Å². The minimum Gasteiger partial charge on any atom is -0.505 e. The molecule has 0 unspecified atom stereocenters. The third kappa shape index (κ3) is 4.55. The first-order chi connectivity index (χ1) is 9.56. The van der Waals surface area contributed by atoms with E-state index in [0.29, 0.717) is 12.0 Å². The average molecular weight is 420 g/mol. The van der Waals surface area contributed by atoms with Gasteiger partial charge in [0.2, 0.25) is 5.82 Å². The molecule has 0 radical (unpaired) electrons. The van der Waals surface area contributed by atoms with Crippen LogP contribution in [0.15, 0.2) is 23.2 Å². The highest BCUT2D eigenvalue weighted by Crippen LogP contribution is 2.37. The molecule has 1 aromatic rings. The molecule has 1 aromatic carbocycles. The van der Waals surface area contributed by atoms with Gasteiger partial charge in [-0.25, -0.2) is 4.39 Å². The second-order valence-electron chi connectivity index (χ2n) is 4.75. The monoisotopic (exact) mass is 418 g/mol. The average Bonchev–Trinajstić information content (AvgIpc) is 2.47. The molecular formula is C14H19BrCl2F2N2O. The Hall–Kier alpha value is -0.400. The summed E-state index contributed by atoms with van der Waals surface area (Å²) in [5.41, 5.74) is 0.387. The molecule has 0 amide bonds. The minimum atomic E-state index is -1.21. The van der Waals surface area contributed by atoms with Crippen LogP contribution in [0.4, 0.5) is 8.78 Å². The van der Waals surface area contributed by atoms with Gasteiger partial charge in [0.05, 0.1) is 4.47 Å². The Morgan fingerprint density at radius 1 is 1.32 bits per heavy atom. The lowest BCUT2D eigenvalue weighted by atomic mass is 9.99. The maximum atomic E-state index is 13.7. The van der Waals surface area contributed by atoms with Crippen molar-refractivity contribution in [3.05, 3.63) is 40.4 Å². The first-order valence-corrected chi connectivity index (χ1v) is 7.27. The van der Waals surface area contributed by atoms with E-state index in [4.69, 9.17) is 0 Å². The number of nitrogens with one attached hydrogen (secondary N) is 1. The molecule has 1 aliphatic rings. The standard InChI is InChI=1S/C14H17BrF2N2O.2ClH/c1-2-3-11(19-6-4-18-5-7-19)9-8-10(15)12(16)13(17)14(9)20;;/h2,8,11,18,20H,1,3-7H2;2*1H/t11-;;/m0../s1. The number of phenols is 1. The SMILES string of the molecule is C=CC[C@@H](c1cc(Br)c(F)c(F)c1O)N1CCNCC1.Cl.Cl. The van der Waals surface area contributed by atoms with Crippen molar-refractivity contribution in [2.45, 2.75) is 12.5 Å². The molecule has 1 heterocycles. The van der Waals surface area contributed by atoms with E-state index in [1.54, 1.807) is 6.08 Å². The van der Waals surface area contributed by atoms with Crippen LogP contribution in [0.1, 0.15) is 18.0 Å². The third-order valence-corrected chi connectivity index (χ3v) is 4.08. The molecular weight excluding hydrogens is 401 g/mol. The van der Waals surface area contributed by atoms with Crippen molar-refractivity contribution in [3.8, 4) is 5.75 Å². The molecule has 1 atom stereocenters. The van der Waals surface area contributed by atoms with Gasteiger partial charge in [0.15, 0.2) is 11.6 Å². The van der Waals surface area contributed by atoms with Gasteiger partial charge < -0.3 is 10.4 Å². The van der Waals surface area contributed by atoms with E-state index >= 15 is 0 Å². The molecule has 0 bridgehead atoms. The number of benzene rings is 1. The lowest BCUT2D eigenvalue weighted by Gasteiger charge is -2.35. The molecule has 1 aliphatic heterocycles. The summed E-state index contributed by atoms with van der Waals surface area (Å²) in [5.74, 6) is -2.89. The van der Waals surface area contributed by atoms with Crippen LogP contribution in [0.3, 0.4) is 0 Å². The van der Waals surface area contributed by atoms with Crippen molar-refractivity contribution in [2.75, 3.05) is 26.2 Å². The maximum absolute atomic E-state index is 13.7. The molecule has 126 valence electrons. The Morgan fingerprint density at radius 3 is 2.45 bits per heavy atom. The Bertz CT molecular complexity index is 514. The predicted octanol–water partition coefficient (Wildman–Crippen LogP) is 3.80. The first-order valence-electron chi connectivity index (χ1n) is 6.48. The van der Waals surface area contributed by atoms with Crippen LogP contribution in [0.2, 0.25) is 0 Å². The van der Waals surface area contributed by atoms with Gasteiger partial charge in [0, 0.05) is 37.8 Å². The largest absolute Gasteiger partial charge is 0.505 e. The van der Waals surface area contributed by atoms with Gasteiger partial charge in [-0.2, -0.15) is 4.39 Å². The number of phenolic OH excluding ortho intramolecular Hbond substituents is 1. The lowest BCUT2D eigenvalue weighted by Crippen LogP contribution is -2.45. The van der Waals surface area contributed by atoms with Crippen molar-refractivity contribution >= 4 is 40.7 Å². The zero-order valence-corrected chi connectivity index (χ0v) is 15.0. The van der Waals surface area contributed by atoms with E-state index in [9.17, 15) is 13.9 Å². The second kappa shape index (κ2) is 9.67. The number of rotatable bonds is 4. The highest BCUT2D eigenvalue weighted by Gasteiger charge is 2.27. The van der Waals surface area contributed by atoms with Crippen LogP contribution in [-0.2, 0) is 0 Å². The Balaban J connectivity index is 0.00000220. The van der Waals surface area contributed by atoms with E-state index in [2.05, 4.69) is 32.7 Å². The summed E-state index contributed by atoms with van der Waals surface area (Å²) < 4.78 is 27.2. The van der Waals surface area contributed by atoms with Gasteiger partial charge in [0.25, 0.3) is 0 Å². The van der Waals surface area contributed by atoms with Crippen molar-refractivity contribution in [3.63, 3.8) is 0 Å². The normalized spacial score (nSPS) is 16.3. The van der Waals surface area contributed by atoms with Gasteiger partial charge in [-0.15, -0.1) is 31.4 Å². The van der Waals surface area contributed by atoms with Crippen molar-refractivity contribution in [1.82, 2.24) is 10.2 Å². The number of aromatic hydroxyl groups is 1. The molecule has 0 aliphatic carbocycles. The molecule has 3 nitrogen and oxygen atoms in total. The highest BCUT2D eigenvalue weighted by atomic mass is 79.9. The lowest BCUT2D eigenvalue weighted by molar-refractivity contribution is 0.171. The van der Waals surface area contributed by atoms with E-state index in [-0.39, 0.29) is 35.3 Å². The third-order valence-electron chi connectivity index (χ3n) is 3.51. The van der Waals surface area contributed by atoms with Crippen molar-refractivity contribution < 1.29 is 13.9 Å². The van der Waals surface area contributed by atoms with Crippen LogP contribution in [0.5, 0.6) is 5.75 Å². The van der Waals surface area contributed by atoms with Gasteiger partial charge in [-0.05, 0) is 28.4 Å². The summed E-state index contributed by atoms with van der Waals surface area (Å²) in [6.07, 6.45) is 2.28. The molecule has 1 fully saturated rings. The summed E-state index contributed by atoms with van der Waals surface area (Å²) >= 11 is 2.99. The molecule has 8 heteroatoms. The summed E-state index contributed by atoms with van der Waals surface area (Å²) in [6, 6.07) is 1.24. The zero-order chi connectivity index (χ0) is 14.7. The predicted molar refractivity (Wildman–Crippen MR) is 92.2 cm³/mol. The second-order valence-corrected chi connectivity index (χ2v) is 5.60. The summed E-state index contributed by atoms with van der Waals surface area (Å²) in [5, 5.41) is 13.2. The van der Waals surface area contributed by atoms with E-state index in [1.165, 1.54) is 6.07 Å². The minimum absolute atomic E-state index is 0. The smallest absolute Gasteiger partial charge is 0.201 e. The van der Waals surface area contributed by atoms with E-state index in [0.717, 1.165) is 26.2 Å². The summed E-state index contributed by atoms with van der Waals surface area (Å²) in [7, 11) is 0. The highest BCUT2D eigenvalue weighted by molar-refractivity contribution is 9.10. The van der Waals surface area contributed by atoms with Gasteiger partial charge in [-0.3, -0.25) is 4.90 Å². The Labute approximate surface area is 149 Å². The van der Waals surface area contributed by atoms with Gasteiger partial charge >= 0.3 is 0 Å². The zero-order valence-electron chi connectivity index (χ0n) is 11.8. The Kier molecular flexibility index (Phi) is 9.50. The van der Waals surface area contributed by atoms with Gasteiger partial charge in [-0.1, -0.05) is 6.08 Å². The van der Waals surface area contributed by atoms with Crippen LogP contribution in [0.25, 0.3) is 0 Å². The van der Waals surface area contributed by atoms with Gasteiger partial charge in [0.1, 0.15) is 0 Å². The van der Waals surface area contributed by atoms with E-state index < -0.39 is 17.4 Å². The van der Waals surface area contributed by atoms with Crippen LogP contribution >= 0.6 is 40.7 Å². The summed E-state index contributed by atoms with van der Waals surface area (Å²) in [4.78, 5) is 2.14. The topological polar surface area (TPSA) is 35.5 Å². The molecule has 0 saturated carbocycles. The number of piperazine rings is 1. The molecule has 2 N–H and O–H groups in total. The fraction of sp³-hybridized carbons (Fsp3) is 0.429. The van der Waals surface area contributed by atoms with Crippen molar-refractivity contribution in [1.29, 1.82) is 0 Å². The number of hydrogen-bond acceptors (Lipinski definition) is 3. The Morgan fingerprint density at radius 2 is 1.91 bits per heavy atom. The first kappa shape index (κ1) is 21.6. The number of halogens is 5. The van der Waals surface area contributed by atoms with Crippen LogP contribution in [0, 0.1) is 11.6 Å². The quantitative estimate of drug-likeness (QED) is 0.575. The molecule has 22 heavy (non-hydrogen) atoms. The maximum Gasteiger partial charge on any atom is 0.201 e. The molecule has 0 spiro atoms. The fourth-order valence-electron chi connectivity index (χ4n) is 2.48. The number of nitrogens with zero attached hydrogens (tertiary/aromatic N) is 1. The molecule has 0 aromatic heterocycles. The summed E-state index contributed by atoms with van der Waals surface area (Å²) in [6.45, 7) is 6.95. The van der Waals surface area contributed by atoms with Crippen LogP contribution in [-0.4, -0.2) is 36.2 Å². The fourth-order valence-corrected chi connectivity index (χ4v) is 2.90. The van der Waals surface area contributed by atoms with Crippen LogP contribution < -0.4 is 5.32 Å². The number of hydrogen-bond donors (Lipinski definition) is 2.